The first-order valence-electron chi connectivity index (χ1n) is 7.72. The number of aromatic nitrogens is 2. The van der Waals surface area contributed by atoms with Crippen molar-refractivity contribution in [2.75, 3.05) is 18.1 Å². The van der Waals surface area contributed by atoms with Gasteiger partial charge >= 0.3 is 6.09 Å². The highest BCUT2D eigenvalue weighted by Gasteiger charge is 2.50. The third-order valence-electron chi connectivity index (χ3n) is 4.21. The molecule has 0 spiro atoms. The molecular formula is C14H18N6O5S. The molecule has 0 radical (unpaired) electrons. The van der Waals surface area contributed by atoms with E-state index in [1.54, 1.807) is 21.6 Å². The minimum Gasteiger partial charge on any atom is -0.543 e. The summed E-state index contributed by atoms with van der Waals surface area (Å²) in [5, 5.41) is 11.2. The molecule has 1 saturated heterocycles. The van der Waals surface area contributed by atoms with E-state index in [1.807, 2.05) is 0 Å². The molecule has 2 amide bonds. The SMILES string of the molecule is NC(=O)OCCn1c(N)cc[n+]1CC1=C(C(=O)[O-])N2C(=O)[C@@H](N)[C@H]2SC1. The molecule has 0 aromatic carbocycles. The van der Waals surface area contributed by atoms with Crippen molar-refractivity contribution in [3.63, 3.8) is 0 Å². The van der Waals surface area contributed by atoms with E-state index in [4.69, 9.17) is 21.9 Å². The largest absolute Gasteiger partial charge is 0.543 e. The number of nitrogens with zero attached hydrogens (tertiary/aromatic N) is 3. The number of carboxylic acids is 1. The van der Waals surface area contributed by atoms with Crippen LogP contribution < -0.4 is 27.0 Å². The van der Waals surface area contributed by atoms with Crippen molar-refractivity contribution in [3.05, 3.63) is 23.5 Å². The van der Waals surface area contributed by atoms with Crippen molar-refractivity contribution in [1.29, 1.82) is 0 Å². The lowest BCUT2D eigenvalue weighted by atomic mass is 10.0. The number of carbonyl (C=O) groups is 3. The molecule has 12 heteroatoms. The summed E-state index contributed by atoms with van der Waals surface area (Å²) in [5.41, 5.74) is 16.9. The molecule has 0 saturated carbocycles. The van der Waals surface area contributed by atoms with Crippen LogP contribution in [0.4, 0.5) is 10.6 Å². The minimum atomic E-state index is -1.42. The van der Waals surface area contributed by atoms with E-state index < -0.39 is 24.0 Å². The number of fused-ring (bicyclic) bond motifs is 1. The molecule has 0 unspecified atom stereocenters. The maximum atomic E-state index is 12.0. The monoisotopic (exact) mass is 382 g/mol. The minimum absolute atomic E-state index is 0.0108. The van der Waals surface area contributed by atoms with Crippen LogP contribution in [0.1, 0.15) is 0 Å². The molecule has 1 aromatic rings. The Kier molecular flexibility index (Phi) is 4.78. The number of amides is 2. The molecule has 1 fully saturated rings. The number of β-lactam (4-membered cyclic amide) rings is 1. The van der Waals surface area contributed by atoms with Gasteiger partial charge in [0, 0.05) is 11.3 Å². The Morgan fingerprint density at radius 2 is 2.19 bits per heavy atom. The number of thioether (sulfide) groups is 1. The van der Waals surface area contributed by atoms with Crippen LogP contribution in [0.5, 0.6) is 0 Å². The zero-order chi connectivity index (χ0) is 19.0. The maximum Gasteiger partial charge on any atom is 0.404 e. The summed E-state index contributed by atoms with van der Waals surface area (Å²) in [6.45, 7) is 0.422. The van der Waals surface area contributed by atoms with E-state index in [-0.39, 0.29) is 30.8 Å². The number of rotatable bonds is 6. The second-order valence-corrected chi connectivity index (χ2v) is 6.91. The average molecular weight is 382 g/mol. The van der Waals surface area contributed by atoms with E-state index in [0.29, 0.717) is 17.1 Å². The highest BCUT2D eigenvalue weighted by atomic mass is 32.2. The number of carbonyl (C=O) groups excluding carboxylic acids is 3. The van der Waals surface area contributed by atoms with Gasteiger partial charge in [-0.2, -0.15) is 0 Å². The van der Waals surface area contributed by atoms with Gasteiger partial charge in [-0.05, 0) is 0 Å². The van der Waals surface area contributed by atoms with Gasteiger partial charge < -0.3 is 31.8 Å². The summed E-state index contributed by atoms with van der Waals surface area (Å²) in [7, 11) is 0. The van der Waals surface area contributed by atoms with Crippen molar-refractivity contribution in [2.45, 2.75) is 24.5 Å². The molecule has 140 valence electrons. The zero-order valence-corrected chi connectivity index (χ0v) is 14.5. The standard InChI is InChI=1S/C14H18N6O5S/c15-8-1-2-18(19(8)3-4-25-14(17)24)5-7-6-26-12-9(16)11(21)20(12)10(7)13(22)23/h1-2,9,12,15H,3-6,16H2,(H3,17,22,23,24)/t9-,12-/m1/s1. The zero-order valence-electron chi connectivity index (χ0n) is 13.7. The molecule has 2 aliphatic heterocycles. The first kappa shape index (κ1) is 18.1. The van der Waals surface area contributed by atoms with Gasteiger partial charge in [-0.3, -0.25) is 9.69 Å². The van der Waals surface area contributed by atoms with Gasteiger partial charge in [0.2, 0.25) is 5.91 Å². The number of hydrogen-bond donors (Lipinski definition) is 3. The van der Waals surface area contributed by atoms with E-state index in [2.05, 4.69) is 0 Å². The fourth-order valence-electron chi connectivity index (χ4n) is 2.99. The van der Waals surface area contributed by atoms with E-state index in [1.165, 1.54) is 16.7 Å². The number of nitrogens with two attached hydrogens (primary N) is 3. The number of hydrogen-bond acceptors (Lipinski definition) is 8. The summed E-state index contributed by atoms with van der Waals surface area (Å²) in [6, 6.07) is 0.932. The molecule has 1 aromatic heterocycles. The van der Waals surface area contributed by atoms with Crippen molar-refractivity contribution < 1.29 is 28.9 Å². The van der Waals surface area contributed by atoms with Crippen molar-refractivity contribution in [2.24, 2.45) is 11.5 Å². The quantitative estimate of drug-likeness (QED) is 0.339. The van der Waals surface area contributed by atoms with Crippen LogP contribution in [0, 0.1) is 0 Å². The molecular weight excluding hydrogens is 364 g/mol. The first-order chi connectivity index (χ1) is 12.3. The Labute approximate surface area is 152 Å². The molecule has 3 rings (SSSR count). The van der Waals surface area contributed by atoms with Crippen molar-refractivity contribution in [3.8, 4) is 0 Å². The van der Waals surface area contributed by atoms with E-state index in [0.717, 1.165) is 0 Å². The smallest absolute Gasteiger partial charge is 0.404 e. The summed E-state index contributed by atoms with van der Waals surface area (Å²) in [4.78, 5) is 35.4. The topological polar surface area (TPSA) is 174 Å². The molecule has 3 heterocycles. The van der Waals surface area contributed by atoms with Gasteiger partial charge in [0.1, 0.15) is 24.6 Å². The van der Waals surface area contributed by atoms with Crippen molar-refractivity contribution >= 4 is 35.5 Å². The number of carboxylic acid groups (broad SMARTS) is 1. The van der Waals surface area contributed by atoms with Crippen LogP contribution in [-0.4, -0.2) is 51.3 Å². The van der Waals surface area contributed by atoms with Gasteiger partial charge in [0.15, 0.2) is 18.6 Å². The first-order valence-corrected chi connectivity index (χ1v) is 8.76. The predicted molar refractivity (Wildman–Crippen MR) is 87.7 cm³/mol. The molecule has 0 aliphatic carbocycles. The molecule has 2 aliphatic rings. The highest BCUT2D eigenvalue weighted by molar-refractivity contribution is 8.00. The third kappa shape index (κ3) is 3.08. The number of aliphatic carboxylic acids is 1. The maximum absolute atomic E-state index is 12.0. The summed E-state index contributed by atoms with van der Waals surface area (Å²) >= 11 is 1.40. The third-order valence-corrected chi connectivity index (χ3v) is 5.57. The summed E-state index contributed by atoms with van der Waals surface area (Å²) < 4.78 is 7.99. The lowest BCUT2D eigenvalue weighted by Crippen LogP contribution is -2.69. The molecule has 0 bridgehead atoms. The highest BCUT2D eigenvalue weighted by Crippen LogP contribution is 2.39. The normalized spacial score (nSPS) is 22.0. The number of ether oxygens (including phenoxy) is 1. The number of anilines is 1. The molecule has 2 atom stereocenters. The second-order valence-electron chi connectivity index (χ2n) is 5.80. The lowest BCUT2D eigenvalue weighted by molar-refractivity contribution is -0.767. The van der Waals surface area contributed by atoms with Crippen LogP contribution in [0.15, 0.2) is 23.5 Å². The summed E-state index contributed by atoms with van der Waals surface area (Å²) in [5.74, 6) is -1.07. The lowest BCUT2D eigenvalue weighted by Gasteiger charge is -2.49. The number of primary amides is 1. The molecule has 11 nitrogen and oxygen atoms in total. The van der Waals surface area contributed by atoms with E-state index in [9.17, 15) is 19.5 Å². The fourth-order valence-corrected chi connectivity index (χ4v) is 4.27. The fraction of sp³-hybridized carbons (Fsp3) is 0.429. The Morgan fingerprint density at radius 1 is 1.46 bits per heavy atom. The van der Waals surface area contributed by atoms with Crippen LogP contribution in [0.3, 0.4) is 0 Å². The van der Waals surface area contributed by atoms with Gasteiger partial charge in [0.25, 0.3) is 0 Å². The molecule has 6 N–H and O–H groups in total. The predicted octanol–water partition coefficient (Wildman–Crippen LogP) is -3.30. The van der Waals surface area contributed by atoms with Gasteiger partial charge in [-0.25, -0.2) is 4.79 Å². The molecule has 26 heavy (non-hydrogen) atoms. The Morgan fingerprint density at radius 3 is 2.85 bits per heavy atom. The number of nitrogen functional groups attached to an aromatic ring is 1. The van der Waals surface area contributed by atoms with Crippen LogP contribution in [-0.2, 0) is 27.4 Å². The van der Waals surface area contributed by atoms with Gasteiger partial charge in [-0.15, -0.1) is 21.1 Å². The van der Waals surface area contributed by atoms with Crippen LogP contribution in [0.25, 0.3) is 0 Å². The summed E-state index contributed by atoms with van der Waals surface area (Å²) in [6.07, 6.45) is 0.770. The van der Waals surface area contributed by atoms with E-state index >= 15 is 0 Å². The van der Waals surface area contributed by atoms with Gasteiger partial charge in [0.05, 0.1) is 17.7 Å². The Bertz CT molecular complexity index is 806. The van der Waals surface area contributed by atoms with Crippen molar-refractivity contribution in [1.82, 2.24) is 9.58 Å². The van der Waals surface area contributed by atoms with Crippen LogP contribution >= 0.6 is 11.8 Å². The Hall–Kier alpha value is -2.73. The van der Waals surface area contributed by atoms with Crippen LogP contribution in [0.2, 0.25) is 0 Å². The second kappa shape index (κ2) is 6.88. The Balaban J connectivity index is 1.84. The average Bonchev–Trinajstić information content (AvgIpc) is 2.93. The van der Waals surface area contributed by atoms with Gasteiger partial charge in [-0.1, -0.05) is 0 Å².